The highest BCUT2D eigenvalue weighted by molar-refractivity contribution is 5.91. The van der Waals surface area contributed by atoms with Gasteiger partial charge in [0.15, 0.2) is 18.1 Å². The van der Waals surface area contributed by atoms with E-state index in [1.165, 1.54) is 0 Å². The lowest BCUT2D eigenvalue weighted by Crippen LogP contribution is -2.20. The Morgan fingerprint density at radius 3 is 2.48 bits per heavy atom. The van der Waals surface area contributed by atoms with Gasteiger partial charge in [0, 0.05) is 5.69 Å². The summed E-state index contributed by atoms with van der Waals surface area (Å²) in [7, 11) is 1.58. The smallest absolute Gasteiger partial charge is 0.262 e. The molecule has 0 aliphatic heterocycles. The molecule has 134 valence electrons. The fourth-order valence-electron chi connectivity index (χ4n) is 2.20. The largest absolute Gasteiger partial charge is 0.494 e. The van der Waals surface area contributed by atoms with Crippen LogP contribution in [0.4, 0.5) is 5.69 Å². The maximum Gasteiger partial charge on any atom is 0.262 e. The standard InChI is InChI=1S/C20H25NO4/c1-4-5-12-24-17-9-7-16(8-10-17)21-20(22)14-25-18-11-6-15(2)13-19(18)23-3/h6-11,13H,4-5,12,14H2,1-3H3,(H,21,22). The van der Waals surface area contributed by atoms with E-state index in [-0.39, 0.29) is 12.5 Å². The molecule has 2 rings (SSSR count). The van der Waals surface area contributed by atoms with Gasteiger partial charge in [0.05, 0.1) is 13.7 Å². The second-order valence-electron chi connectivity index (χ2n) is 5.72. The van der Waals surface area contributed by atoms with E-state index in [9.17, 15) is 4.79 Å². The van der Waals surface area contributed by atoms with E-state index in [2.05, 4.69) is 12.2 Å². The van der Waals surface area contributed by atoms with Gasteiger partial charge in [0.1, 0.15) is 5.75 Å². The highest BCUT2D eigenvalue weighted by Crippen LogP contribution is 2.27. The van der Waals surface area contributed by atoms with Crippen LogP contribution < -0.4 is 19.5 Å². The van der Waals surface area contributed by atoms with Gasteiger partial charge in [-0.05, 0) is 55.3 Å². The molecule has 0 saturated carbocycles. The summed E-state index contributed by atoms with van der Waals surface area (Å²) in [6.45, 7) is 4.70. The Morgan fingerprint density at radius 1 is 1.04 bits per heavy atom. The number of hydrogen-bond acceptors (Lipinski definition) is 4. The molecule has 0 saturated heterocycles. The van der Waals surface area contributed by atoms with E-state index < -0.39 is 0 Å². The van der Waals surface area contributed by atoms with Crippen LogP contribution in [0.3, 0.4) is 0 Å². The number of carbonyl (C=O) groups excluding carboxylic acids is 1. The van der Waals surface area contributed by atoms with Gasteiger partial charge in [0.2, 0.25) is 0 Å². The number of benzene rings is 2. The lowest BCUT2D eigenvalue weighted by Gasteiger charge is -2.12. The summed E-state index contributed by atoms with van der Waals surface area (Å²) in [5, 5.41) is 2.80. The number of methoxy groups -OCH3 is 1. The summed E-state index contributed by atoms with van der Waals surface area (Å²) < 4.78 is 16.4. The van der Waals surface area contributed by atoms with E-state index in [1.807, 2.05) is 43.3 Å². The Kier molecular flexibility index (Phi) is 7.14. The first-order valence-electron chi connectivity index (χ1n) is 8.42. The highest BCUT2D eigenvalue weighted by Gasteiger charge is 2.08. The third kappa shape index (κ3) is 6.03. The van der Waals surface area contributed by atoms with Crippen LogP contribution in [0.2, 0.25) is 0 Å². The van der Waals surface area contributed by atoms with Crippen LogP contribution in [0.25, 0.3) is 0 Å². The van der Waals surface area contributed by atoms with E-state index in [0.717, 1.165) is 24.2 Å². The molecule has 5 heteroatoms. The Labute approximate surface area is 148 Å². The first-order chi connectivity index (χ1) is 12.1. The van der Waals surface area contributed by atoms with Crippen LogP contribution >= 0.6 is 0 Å². The van der Waals surface area contributed by atoms with Crippen LogP contribution in [0.5, 0.6) is 17.2 Å². The van der Waals surface area contributed by atoms with E-state index in [0.29, 0.717) is 23.8 Å². The second kappa shape index (κ2) is 9.57. The van der Waals surface area contributed by atoms with Gasteiger partial charge >= 0.3 is 0 Å². The lowest BCUT2D eigenvalue weighted by molar-refractivity contribution is -0.118. The molecule has 0 bridgehead atoms. The molecule has 0 atom stereocenters. The topological polar surface area (TPSA) is 56.8 Å². The minimum atomic E-state index is -0.234. The van der Waals surface area contributed by atoms with Crippen molar-refractivity contribution in [3.05, 3.63) is 48.0 Å². The van der Waals surface area contributed by atoms with E-state index in [1.54, 1.807) is 13.2 Å². The molecule has 0 fully saturated rings. The van der Waals surface area contributed by atoms with E-state index >= 15 is 0 Å². The number of rotatable bonds is 9. The van der Waals surface area contributed by atoms with Gasteiger partial charge < -0.3 is 19.5 Å². The summed E-state index contributed by atoms with van der Waals surface area (Å²) in [5.74, 6) is 1.72. The zero-order chi connectivity index (χ0) is 18.1. The van der Waals surface area contributed by atoms with Crippen LogP contribution in [-0.2, 0) is 4.79 Å². The Balaban J connectivity index is 1.84. The minimum absolute atomic E-state index is 0.0891. The summed E-state index contributed by atoms with van der Waals surface area (Å²) >= 11 is 0. The van der Waals surface area contributed by atoms with Gasteiger partial charge in [-0.2, -0.15) is 0 Å². The molecule has 25 heavy (non-hydrogen) atoms. The van der Waals surface area contributed by atoms with Crippen molar-refractivity contribution in [3.8, 4) is 17.2 Å². The van der Waals surface area contributed by atoms with Crippen LogP contribution in [0, 0.1) is 6.92 Å². The number of hydrogen-bond donors (Lipinski definition) is 1. The van der Waals surface area contributed by atoms with Crippen molar-refractivity contribution in [2.24, 2.45) is 0 Å². The number of unbranched alkanes of at least 4 members (excludes halogenated alkanes) is 1. The molecule has 0 aromatic heterocycles. The molecule has 0 unspecified atom stereocenters. The van der Waals surface area contributed by atoms with Crippen molar-refractivity contribution < 1.29 is 19.0 Å². The van der Waals surface area contributed by atoms with Crippen molar-refractivity contribution in [2.75, 3.05) is 25.6 Å². The van der Waals surface area contributed by atoms with Crippen LogP contribution in [0.1, 0.15) is 25.3 Å². The third-order valence-corrected chi connectivity index (χ3v) is 3.58. The second-order valence-corrected chi connectivity index (χ2v) is 5.72. The fourth-order valence-corrected chi connectivity index (χ4v) is 2.20. The molecule has 5 nitrogen and oxygen atoms in total. The first kappa shape index (κ1) is 18.6. The molecule has 0 radical (unpaired) electrons. The summed E-state index contributed by atoms with van der Waals surface area (Å²) in [6, 6.07) is 12.9. The quantitative estimate of drug-likeness (QED) is 0.693. The van der Waals surface area contributed by atoms with Gasteiger partial charge in [-0.3, -0.25) is 4.79 Å². The Morgan fingerprint density at radius 2 is 1.80 bits per heavy atom. The van der Waals surface area contributed by atoms with E-state index in [4.69, 9.17) is 14.2 Å². The van der Waals surface area contributed by atoms with Crippen LogP contribution in [-0.4, -0.2) is 26.2 Å². The van der Waals surface area contributed by atoms with Crippen molar-refractivity contribution in [2.45, 2.75) is 26.7 Å². The van der Waals surface area contributed by atoms with Gasteiger partial charge in [-0.15, -0.1) is 0 Å². The van der Waals surface area contributed by atoms with Crippen molar-refractivity contribution in [1.82, 2.24) is 0 Å². The third-order valence-electron chi connectivity index (χ3n) is 3.58. The lowest BCUT2D eigenvalue weighted by atomic mass is 10.2. The van der Waals surface area contributed by atoms with Crippen LogP contribution in [0.15, 0.2) is 42.5 Å². The van der Waals surface area contributed by atoms with Crippen molar-refractivity contribution in [1.29, 1.82) is 0 Å². The predicted molar refractivity (Wildman–Crippen MR) is 98.7 cm³/mol. The molecule has 2 aromatic carbocycles. The summed E-state index contributed by atoms with van der Waals surface area (Å²) in [4.78, 5) is 12.0. The number of aryl methyl sites for hydroxylation is 1. The number of ether oxygens (including phenoxy) is 3. The highest BCUT2D eigenvalue weighted by atomic mass is 16.5. The number of carbonyl (C=O) groups is 1. The molecule has 0 spiro atoms. The molecule has 1 N–H and O–H groups in total. The average molecular weight is 343 g/mol. The van der Waals surface area contributed by atoms with Crippen molar-refractivity contribution in [3.63, 3.8) is 0 Å². The zero-order valence-corrected chi connectivity index (χ0v) is 15.0. The Hall–Kier alpha value is -2.69. The fraction of sp³-hybridized carbons (Fsp3) is 0.350. The maximum absolute atomic E-state index is 12.0. The maximum atomic E-state index is 12.0. The molecular weight excluding hydrogens is 318 g/mol. The number of amides is 1. The zero-order valence-electron chi connectivity index (χ0n) is 15.0. The summed E-state index contributed by atoms with van der Waals surface area (Å²) in [6.07, 6.45) is 2.12. The van der Waals surface area contributed by atoms with Crippen molar-refractivity contribution >= 4 is 11.6 Å². The molecule has 1 amide bonds. The number of nitrogens with one attached hydrogen (secondary N) is 1. The molecule has 0 aliphatic carbocycles. The monoisotopic (exact) mass is 343 g/mol. The SMILES string of the molecule is CCCCOc1ccc(NC(=O)COc2ccc(C)cc2OC)cc1. The normalized spacial score (nSPS) is 10.2. The molecular formula is C20H25NO4. The summed E-state index contributed by atoms with van der Waals surface area (Å²) in [5.41, 5.74) is 1.77. The molecule has 2 aromatic rings. The molecule has 0 heterocycles. The average Bonchev–Trinajstić information content (AvgIpc) is 2.62. The predicted octanol–water partition coefficient (Wildman–Crippen LogP) is 4.20. The van der Waals surface area contributed by atoms with Gasteiger partial charge in [-0.1, -0.05) is 19.4 Å². The number of anilines is 1. The van der Waals surface area contributed by atoms with Gasteiger partial charge in [0.25, 0.3) is 5.91 Å². The first-order valence-corrected chi connectivity index (χ1v) is 8.42. The minimum Gasteiger partial charge on any atom is -0.494 e. The van der Waals surface area contributed by atoms with Gasteiger partial charge in [-0.25, -0.2) is 0 Å². The Bertz CT molecular complexity index is 683. The molecule has 0 aliphatic rings.